The lowest BCUT2D eigenvalue weighted by Gasteiger charge is -2.09. The summed E-state index contributed by atoms with van der Waals surface area (Å²) in [5, 5.41) is 3.46. The fourth-order valence-corrected chi connectivity index (χ4v) is 2.22. The van der Waals surface area contributed by atoms with Crippen LogP contribution in [0.3, 0.4) is 0 Å². The number of amides is 1. The van der Waals surface area contributed by atoms with Gasteiger partial charge in [-0.1, -0.05) is 29.8 Å². The van der Waals surface area contributed by atoms with Gasteiger partial charge in [-0.3, -0.25) is 4.79 Å². The summed E-state index contributed by atoms with van der Waals surface area (Å²) in [5.74, 6) is -0.173. The van der Waals surface area contributed by atoms with Crippen molar-refractivity contribution >= 4 is 39.1 Å². The molecule has 0 heterocycles. The number of halogens is 2. The fourth-order valence-electron chi connectivity index (χ4n) is 1.67. The molecule has 2 aromatic rings. The molecule has 0 fully saturated rings. The predicted molar refractivity (Wildman–Crippen MR) is 83.0 cm³/mol. The summed E-state index contributed by atoms with van der Waals surface area (Å²) in [4.78, 5) is 12.2. The first-order valence-electron chi connectivity index (χ1n) is 5.81. The van der Waals surface area contributed by atoms with E-state index in [0.29, 0.717) is 10.6 Å². The molecule has 0 aromatic heterocycles. The van der Waals surface area contributed by atoms with E-state index in [1.165, 1.54) is 0 Å². The summed E-state index contributed by atoms with van der Waals surface area (Å²) in [5.41, 5.74) is 3.32. The van der Waals surface area contributed by atoms with Crippen molar-refractivity contribution in [3.63, 3.8) is 0 Å². The summed E-state index contributed by atoms with van der Waals surface area (Å²) in [6.07, 6.45) is 0. The Bertz CT molecular complexity index is 640. The second-order valence-corrected chi connectivity index (χ2v) is 5.55. The van der Waals surface area contributed by atoms with Gasteiger partial charge in [0.15, 0.2) is 0 Å². The maximum Gasteiger partial charge on any atom is 0.255 e. The first kappa shape index (κ1) is 14.1. The molecule has 0 bridgehead atoms. The van der Waals surface area contributed by atoms with Gasteiger partial charge in [0.05, 0.1) is 5.69 Å². The molecule has 98 valence electrons. The molecule has 0 radical (unpaired) electrons. The van der Waals surface area contributed by atoms with E-state index in [0.717, 1.165) is 21.3 Å². The van der Waals surface area contributed by atoms with Gasteiger partial charge in [0.2, 0.25) is 0 Å². The Morgan fingerprint density at radius 2 is 1.89 bits per heavy atom. The van der Waals surface area contributed by atoms with Crippen LogP contribution in [-0.4, -0.2) is 5.91 Å². The van der Waals surface area contributed by atoms with E-state index in [4.69, 9.17) is 11.6 Å². The summed E-state index contributed by atoms with van der Waals surface area (Å²) in [6, 6.07) is 11.0. The van der Waals surface area contributed by atoms with E-state index in [1.807, 2.05) is 38.1 Å². The zero-order valence-electron chi connectivity index (χ0n) is 10.6. The number of benzene rings is 2. The molecular formula is C15H13BrClNO. The Balaban J connectivity index is 2.26. The van der Waals surface area contributed by atoms with E-state index >= 15 is 0 Å². The molecule has 2 nitrogen and oxygen atoms in total. The molecule has 0 aliphatic heterocycles. The van der Waals surface area contributed by atoms with Gasteiger partial charge in [0, 0.05) is 15.1 Å². The van der Waals surface area contributed by atoms with Crippen LogP contribution in [0.1, 0.15) is 21.5 Å². The highest BCUT2D eigenvalue weighted by Gasteiger charge is 2.10. The third-order valence-electron chi connectivity index (χ3n) is 2.87. The molecule has 1 N–H and O–H groups in total. The van der Waals surface area contributed by atoms with E-state index < -0.39 is 0 Å². The average Bonchev–Trinajstić information content (AvgIpc) is 2.38. The van der Waals surface area contributed by atoms with Crippen molar-refractivity contribution in [1.29, 1.82) is 0 Å². The molecule has 0 saturated heterocycles. The van der Waals surface area contributed by atoms with Crippen molar-refractivity contribution in [1.82, 2.24) is 0 Å². The molecule has 0 spiro atoms. The molecule has 4 heteroatoms. The van der Waals surface area contributed by atoms with Gasteiger partial charge in [-0.25, -0.2) is 0 Å². The Hall–Kier alpha value is -1.32. The van der Waals surface area contributed by atoms with Crippen LogP contribution in [0.5, 0.6) is 0 Å². The lowest BCUT2D eigenvalue weighted by atomic mass is 10.1. The minimum atomic E-state index is -0.173. The van der Waals surface area contributed by atoms with Crippen LogP contribution in [0, 0.1) is 13.8 Å². The second-order valence-electron chi connectivity index (χ2n) is 4.35. The maximum absolute atomic E-state index is 12.2. The third-order valence-corrected chi connectivity index (χ3v) is 4.33. The van der Waals surface area contributed by atoms with E-state index in [1.54, 1.807) is 12.1 Å². The average molecular weight is 339 g/mol. The first-order chi connectivity index (χ1) is 8.99. The largest absolute Gasteiger partial charge is 0.321 e. The number of rotatable bonds is 2. The van der Waals surface area contributed by atoms with Crippen molar-refractivity contribution in [2.24, 2.45) is 0 Å². The molecule has 0 atom stereocenters. The lowest BCUT2D eigenvalue weighted by molar-refractivity contribution is 0.102. The van der Waals surface area contributed by atoms with Gasteiger partial charge in [-0.05, 0) is 59.1 Å². The minimum absolute atomic E-state index is 0.173. The van der Waals surface area contributed by atoms with Crippen LogP contribution < -0.4 is 5.32 Å². The molecule has 19 heavy (non-hydrogen) atoms. The molecule has 0 unspecified atom stereocenters. The van der Waals surface area contributed by atoms with Crippen molar-refractivity contribution in [2.75, 3.05) is 5.32 Å². The van der Waals surface area contributed by atoms with E-state index in [-0.39, 0.29) is 5.91 Å². The zero-order valence-corrected chi connectivity index (χ0v) is 13.0. The number of nitrogens with one attached hydrogen (secondary N) is 1. The standard InChI is InChI=1S/C15H13BrClNO/c1-9-6-7-11(8-12(9)17)15(19)18-13-5-3-4-10(2)14(13)16/h3-8H,1-2H3,(H,18,19). The van der Waals surface area contributed by atoms with E-state index in [2.05, 4.69) is 21.2 Å². The lowest BCUT2D eigenvalue weighted by Crippen LogP contribution is -2.12. The highest BCUT2D eigenvalue weighted by molar-refractivity contribution is 9.10. The summed E-state index contributed by atoms with van der Waals surface area (Å²) >= 11 is 9.49. The fraction of sp³-hybridized carbons (Fsp3) is 0.133. The number of hydrogen-bond donors (Lipinski definition) is 1. The smallest absolute Gasteiger partial charge is 0.255 e. The van der Waals surface area contributed by atoms with Crippen LogP contribution in [0.4, 0.5) is 5.69 Å². The second kappa shape index (κ2) is 5.76. The van der Waals surface area contributed by atoms with Crippen molar-refractivity contribution < 1.29 is 4.79 Å². The van der Waals surface area contributed by atoms with Crippen molar-refractivity contribution in [3.8, 4) is 0 Å². The van der Waals surface area contributed by atoms with Gasteiger partial charge in [0.25, 0.3) is 5.91 Å². The first-order valence-corrected chi connectivity index (χ1v) is 6.99. The summed E-state index contributed by atoms with van der Waals surface area (Å²) < 4.78 is 0.890. The van der Waals surface area contributed by atoms with Crippen molar-refractivity contribution in [3.05, 3.63) is 62.6 Å². The maximum atomic E-state index is 12.2. The van der Waals surface area contributed by atoms with Crippen molar-refractivity contribution in [2.45, 2.75) is 13.8 Å². The van der Waals surface area contributed by atoms with Crippen LogP contribution in [0.2, 0.25) is 5.02 Å². The molecule has 0 aliphatic carbocycles. The quantitative estimate of drug-likeness (QED) is 0.823. The Kier molecular flexibility index (Phi) is 4.27. The Labute approximate surface area is 125 Å². The SMILES string of the molecule is Cc1ccc(C(=O)Nc2cccc(C)c2Br)cc1Cl. The van der Waals surface area contributed by atoms with E-state index in [9.17, 15) is 4.79 Å². The van der Waals surface area contributed by atoms with Gasteiger partial charge >= 0.3 is 0 Å². The highest BCUT2D eigenvalue weighted by atomic mass is 79.9. The molecule has 0 aliphatic rings. The van der Waals surface area contributed by atoms with Crippen LogP contribution in [-0.2, 0) is 0 Å². The van der Waals surface area contributed by atoms with Gasteiger partial charge in [-0.2, -0.15) is 0 Å². The van der Waals surface area contributed by atoms with Gasteiger partial charge < -0.3 is 5.32 Å². The minimum Gasteiger partial charge on any atom is -0.321 e. The number of anilines is 1. The van der Waals surface area contributed by atoms with Gasteiger partial charge in [0.1, 0.15) is 0 Å². The molecular weight excluding hydrogens is 326 g/mol. The topological polar surface area (TPSA) is 29.1 Å². The summed E-state index contributed by atoms with van der Waals surface area (Å²) in [7, 11) is 0. The van der Waals surface area contributed by atoms with Gasteiger partial charge in [-0.15, -0.1) is 0 Å². The Morgan fingerprint density at radius 3 is 2.58 bits per heavy atom. The molecule has 2 rings (SSSR count). The van der Waals surface area contributed by atoms with Crippen LogP contribution >= 0.6 is 27.5 Å². The predicted octanol–water partition coefficient (Wildman–Crippen LogP) is 4.97. The normalized spacial score (nSPS) is 10.3. The zero-order chi connectivity index (χ0) is 14.0. The molecule has 1 amide bonds. The number of aryl methyl sites for hydroxylation is 2. The molecule has 0 saturated carbocycles. The van der Waals surface area contributed by atoms with Crippen LogP contribution in [0.15, 0.2) is 40.9 Å². The van der Waals surface area contributed by atoms with Crippen LogP contribution in [0.25, 0.3) is 0 Å². The monoisotopic (exact) mass is 337 g/mol. The third kappa shape index (κ3) is 3.17. The number of carbonyl (C=O) groups is 1. The number of carbonyl (C=O) groups excluding carboxylic acids is 1. The Morgan fingerprint density at radius 1 is 1.16 bits per heavy atom. The highest BCUT2D eigenvalue weighted by Crippen LogP contribution is 2.26. The molecule has 2 aromatic carbocycles. The number of hydrogen-bond acceptors (Lipinski definition) is 1. The summed E-state index contributed by atoms with van der Waals surface area (Å²) in [6.45, 7) is 3.88.